The second kappa shape index (κ2) is 5.72. The lowest BCUT2D eigenvalue weighted by Crippen LogP contribution is -2.49. The van der Waals surface area contributed by atoms with E-state index in [4.69, 9.17) is 5.11 Å². The van der Waals surface area contributed by atoms with Gasteiger partial charge in [-0.25, -0.2) is 0 Å². The Kier molecular flexibility index (Phi) is 4.90. The number of rotatable bonds is 5. The molecule has 0 aromatic heterocycles. The van der Waals surface area contributed by atoms with Gasteiger partial charge >= 0.3 is 0 Å². The molecule has 0 aromatic carbocycles. The third kappa shape index (κ3) is 2.96. The molecule has 1 aliphatic rings. The summed E-state index contributed by atoms with van der Waals surface area (Å²) < 4.78 is 0. The van der Waals surface area contributed by atoms with Crippen LogP contribution < -0.4 is 5.32 Å². The van der Waals surface area contributed by atoms with E-state index in [1.54, 1.807) is 0 Å². The van der Waals surface area contributed by atoms with Crippen LogP contribution in [0.2, 0.25) is 0 Å². The molecule has 2 heteroatoms. The fourth-order valence-electron chi connectivity index (χ4n) is 2.90. The highest BCUT2D eigenvalue weighted by Crippen LogP contribution is 2.36. The monoisotopic (exact) mass is 199 g/mol. The summed E-state index contributed by atoms with van der Waals surface area (Å²) in [7, 11) is 0. The Morgan fingerprint density at radius 3 is 2.79 bits per heavy atom. The third-order valence-electron chi connectivity index (χ3n) is 3.67. The average Bonchev–Trinajstić information content (AvgIpc) is 2.19. The summed E-state index contributed by atoms with van der Waals surface area (Å²) in [5, 5.41) is 12.7. The molecule has 1 fully saturated rings. The average molecular weight is 199 g/mol. The molecule has 14 heavy (non-hydrogen) atoms. The Morgan fingerprint density at radius 1 is 1.43 bits per heavy atom. The summed E-state index contributed by atoms with van der Waals surface area (Å²) >= 11 is 0. The molecule has 0 aromatic rings. The number of nitrogens with one attached hydrogen (secondary N) is 1. The van der Waals surface area contributed by atoms with Gasteiger partial charge in [-0.15, -0.1) is 0 Å². The highest BCUT2D eigenvalue weighted by molar-refractivity contribution is 4.92. The summed E-state index contributed by atoms with van der Waals surface area (Å²) in [5.74, 6) is 0.870. The van der Waals surface area contributed by atoms with Crippen molar-refractivity contribution < 1.29 is 5.11 Å². The minimum absolute atomic E-state index is 0.252. The molecule has 0 radical (unpaired) electrons. The van der Waals surface area contributed by atoms with Gasteiger partial charge in [-0.05, 0) is 31.7 Å². The van der Waals surface area contributed by atoms with Crippen LogP contribution in [0.3, 0.4) is 0 Å². The topological polar surface area (TPSA) is 32.3 Å². The predicted molar refractivity (Wildman–Crippen MR) is 60.4 cm³/mol. The van der Waals surface area contributed by atoms with Gasteiger partial charge in [-0.1, -0.05) is 33.1 Å². The van der Waals surface area contributed by atoms with Crippen LogP contribution in [-0.4, -0.2) is 23.8 Å². The number of hydrogen-bond acceptors (Lipinski definition) is 2. The zero-order valence-electron chi connectivity index (χ0n) is 9.68. The van der Waals surface area contributed by atoms with Crippen LogP contribution >= 0.6 is 0 Å². The van der Waals surface area contributed by atoms with Crippen LogP contribution in [0.5, 0.6) is 0 Å². The van der Waals surface area contributed by atoms with Crippen molar-refractivity contribution in [2.45, 2.75) is 57.9 Å². The van der Waals surface area contributed by atoms with Crippen molar-refractivity contribution in [3.63, 3.8) is 0 Å². The van der Waals surface area contributed by atoms with E-state index in [2.05, 4.69) is 19.2 Å². The summed E-state index contributed by atoms with van der Waals surface area (Å²) in [6.07, 6.45) is 7.44. The maximum absolute atomic E-state index is 9.13. The maximum Gasteiger partial charge on any atom is 0.0448 e. The lowest BCUT2D eigenvalue weighted by Gasteiger charge is -2.41. The summed E-state index contributed by atoms with van der Waals surface area (Å²) in [6.45, 7) is 5.79. The largest absolute Gasteiger partial charge is 0.396 e. The normalized spacial score (nSPS) is 33.2. The molecule has 0 spiro atoms. The lowest BCUT2D eigenvalue weighted by molar-refractivity contribution is 0.134. The highest BCUT2D eigenvalue weighted by Gasteiger charge is 2.34. The zero-order valence-corrected chi connectivity index (χ0v) is 9.68. The first kappa shape index (κ1) is 12.0. The zero-order chi connectivity index (χ0) is 10.4. The Morgan fingerprint density at radius 2 is 2.21 bits per heavy atom. The number of aliphatic hydroxyl groups is 1. The molecule has 84 valence electrons. The number of hydrogen-bond donors (Lipinski definition) is 2. The van der Waals surface area contributed by atoms with E-state index in [-0.39, 0.29) is 5.54 Å². The van der Waals surface area contributed by atoms with Gasteiger partial charge in [0.2, 0.25) is 0 Å². The van der Waals surface area contributed by atoms with Crippen molar-refractivity contribution in [2.75, 3.05) is 13.2 Å². The third-order valence-corrected chi connectivity index (χ3v) is 3.67. The van der Waals surface area contributed by atoms with Crippen molar-refractivity contribution >= 4 is 0 Å². The van der Waals surface area contributed by atoms with Crippen LogP contribution in [0.15, 0.2) is 0 Å². The van der Waals surface area contributed by atoms with Gasteiger partial charge in [0.25, 0.3) is 0 Å². The van der Waals surface area contributed by atoms with Crippen LogP contribution in [0.25, 0.3) is 0 Å². The van der Waals surface area contributed by atoms with Gasteiger partial charge in [0, 0.05) is 12.1 Å². The van der Waals surface area contributed by atoms with Crippen LogP contribution in [0.1, 0.15) is 52.4 Å². The molecule has 1 aliphatic carbocycles. The maximum atomic E-state index is 9.13. The van der Waals surface area contributed by atoms with Crippen molar-refractivity contribution in [1.82, 2.24) is 5.32 Å². The van der Waals surface area contributed by atoms with E-state index in [0.717, 1.165) is 18.9 Å². The van der Waals surface area contributed by atoms with Gasteiger partial charge in [0.15, 0.2) is 0 Å². The number of aliphatic hydroxyl groups excluding tert-OH is 1. The molecular weight excluding hydrogens is 174 g/mol. The second-order valence-electron chi connectivity index (χ2n) is 4.65. The molecule has 2 N–H and O–H groups in total. The molecule has 0 amide bonds. The van der Waals surface area contributed by atoms with E-state index in [1.807, 2.05) is 0 Å². The van der Waals surface area contributed by atoms with E-state index in [0.29, 0.717) is 6.61 Å². The molecule has 0 saturated heterocycles. The SMILES string of the molecule is CCNC1(CCO)CCCC(CC)C1. The quantitative estimate of drug-likeness (QED) is 0.712. The van der Waals surface area contributed by atoms with Crippen molar-refractivity contribution in [3.8, 4) is 0 Å². The molecule has 2 atom stereocenters. The van der Waals surface area contributed by atoms with E-state index in [9.17, 15) is 0 Å². The molecule has 2 unspecified atom stereocenters. The van der Waals surface area contributed by atoms with Crippen molar-refractivity contribution in [1.29, 1.82) is 0 Å². The molecule has 0 bridgehead atoms. The lowest BCUT2D eigenvalue weighted by atomic mass is 9.73. The van der Waals surface area contributed by atoms with Gasteiger partial charge in [-0.3, -0.25) is 0 Å². The Balaban J connectivity index is 2.55. The molecule has 0 aliphatic heterocycles. The van der Waals surface area contributed by atoms with Gasteiger partial charge < -0.3 is 10.4 Å². The second-order valence-corrected chi connectivity index (χ2v) is 4.65. The van der Waals surface area contributed by atoms with E-state index < -0.39 is 0 Å². The molecule has 1 rings (SSSR count). The molecular formula is C12H25NO. The van der Waals surface area contributed by atoms with E-state index >= 15 is 0 Å². The Bertz CT molecular complexity index is 147. The standard InChI is InChI=1S/C12H25NO/c1-3-11-6-5-7-12(10-11,8-9-14)13-4-2/h11,13-14H,3-10H2,1-2H3. The minimum Gasteiger partial charge on any atom is -0.396 e. The first-order valence-electron chi connectivity index (χ1n) is 6.12. The van der Waals surface area contributed by atoms with Crippen LogP contribution in [-0.2, 0) is 0 Å². The van der Waals surface area contributed by atoms with Crippen molar-refractivity contribution in [2.24, 2.45) is 5.92 Å². The smallest absolute Gasteiger partial charge is 0.0448 e. The first-order valence-corrected chi connectivity index (χ1v) is 6.12. The fraction of sp³-hybridized carbons (Fsp3) is 1.00. The minimum atomic E-state index is 0.252. The Hall–Kier alpha value is -0.0800. The van der Waals surface area contributed by atoms with Gasteiger partial charge in [0.05, 0.1) is 0 Å². The van der Waals surface area contributed by atoms with Crippen molar-refractivity contribution in [3.05, 3.63) is 0 Å². The summed E-state index contributed by atoms with van der Waals surface area (Å²) in [5.41, 5.74) is 0.252. The highest BCUT2D eigenvalue weighted by atomic mass is 16.3. The molecule has 1 saturated carbocycles. The van der Waals surface area contributed by atoms with Gasteiger partial charge in [0.1, 0.15) is 0 Å². The van der Waals surface area contributed by atoms with Gasteiger partial charge in [-0.2, -0.15) is 0 Å². The predicted octanol–water partition coefficient (Wildman–Crippen LogP) is 2.32. The molecule has 0 heterocycles. The van der Waals surface area contributed by atoms with Crippen LogP contribution in [0.4, 0.5) is 0 Å². The first-order chi connectivity index (χ1) is 6.76. The van der Waals surface area contributed by atoms with Crippen LogP contribution in [0, 0.1) is 5.92 Å². The Labute approximate surface area is 88.1 Å². The fourth-order valence-corrected chi connectivity index (χ4v) is 2.90. The summed E-state index contributed by atoms with van der Waals surface area (Å²) in [4.78, 5) is 0. The summed E-state index contributed by atoms with van der Waals surface area (Å²) in [6, 6.07) is 0. The molecule has 2 nitrogen and oxygen atoms in total. The van der Waals surface area contributed by atoms with E-state index in [1.165, 1.54) is 32.1 Å².